The van der Waals surface area contributed by atoms with Crippen LogP contribution < -0.4 is 4.90 Å². The van der Waals surface area contributed by atoms with Crippen LogP contribution in [0.1, 0.15) is 121 Å². The number of hydrogen-bond donors (Lipinski definition) is 0. The van der Waals surface area contributed by atoms with Gasteiger partial charge in [0.15, 0.2) is 0 Å². The predicted molar refractivity (Wildman–Crippen MR) is 296 cm³/mol. The highest BCUT2D eigenvalue weighted by molar-refractivity contribution is 5.97. The minimum Gasteiger partial charge on any atom is -0.310 e. The number of anilines is 3. The van der Waals surface area contributed by atoms with Gasteiger partial charge in [-0.2, -0.15) is 0 Å². The van der Waals surface area contributed by atoms with Gasteiger partial charge < -0.3 is 4.90 Å². The van der Waals surface area contributed by atoms with Crippen molar-refractivity contribution < 1.29 is 0 Å². The van der Waals surface area contributed by atoms with Gasteiger partial charge in [0, 0.05) is 27.9 Å². The molecular weight excluding hydrogens is 843 g/mol. The first-order valence-corrected chi connectivity index (χ1v) is 26.4. The molecule has 14 rings (SSSR count). The lowest BCUT2D eigenvalue weighted by atomic mass is 9.42. The van der Waals surface area contributed by atoms with Gasteiger partial charge in [-0.3, -0.25) is 0 Å². The van der Waals surface area contributed by atoms with Crippen LogP contribution in [-0.4, -0.2) is 0 Å². The molecule has 0 aliphatic heterocycles. The molecule has 4 fully saturated rings. The zero-order chi connectivity index (χ0) is 47.9. The van der Waals surface area contributed by atoms with Gasteiger partial charge in [-0.15, -0.1) is 0 Å². The first-order valence-electron chi connectivity index (χ1n) is 26.4. The molecule has 1 spiro atoms. The summed E-state index contributed by atoms with van der Waals surface area (Å²) in [7, 11) is 0. The Morgan fingerprint density at radius 1 is 0.386 bits per heavy atom. The Labute approximate surface area is 417 Å². The van der Waals surface area contributed by atoms with Crippen molar-refractivity contribution in [3.05, 3.63) is 209 Å². The average molecular weight is 910 g/mol. The quantitative estimate of drug-likeness (QED) is 0.161. The summed E-state index contributed by atoms with van der Waals surface area (Å²) in [5, 5.41) is 0. The highest BCUT2D eigenvalue weighted by Gasteiger charge is 2.62. The third-order valence-electron chi connectivity index (χ3n) is 18.2. The van der Waals surface area contributed by atoms with Crippen LogP contribution in [0.2, 0.25) is 0 Å². The molecule has 0 amide bonds. The number of fused-ring (bicyclic) bond motifs is 6. The van der Waals surface area contributed by atoms with Crippen molar-refractivity contribution in [1.82, 2.24) is 0 Å². The fraction of sp³-hybridized carbons (Fsp3) is 0.304. The van der Waals surface area contributed by atoms with Crippen LogP contribution in [0.5, 0.6) is 0 Å². The van der Waals surface area contributed by atoms with Gasteiger partial charge >= 0.3 is 0 Å². The lowest BCUT2D eigenvalue weighted by Crippen LogP contribution is -2.55. The summed E-state index contributed by atoms with van der Waals surface area (Å²) in [4.78, 5) is 2.47. The van der Waals surface area contributed by atoms with E-state index in [0.29, 0.717) is 11.8 Å². The van der Waals surface area contributed by atoms with E-state index >= 15 is 0 Å². The molecule has 70 heavy (non-hydrogen) atoms. The topological polar surface area (TPSA) is 3.24 Å². The third-order valence-corrected chi connectivity index (χ3v) is 18.2. The molecule has 0 atom stereocenters. The van der Waals surface area contributed by atoms with E-state index in [1.807, 2.05) is 0 Å². The summed E-state index contributed by atoms with van der Waals surface area (Å²) < 4.78 is 0. The molecule has 0 aromatic heterocycles. The third kappa shape index (κ3) is 6.56. The first kappa shape index (κ1) is 43.6. The van der Waals surface area contributed by atoms with E-state index in [1.165, 1.54) is 116 Å². The van der Waals surface area contributed by atoms with Gasteiger partial charge in [0.1, 0.15) is 0 Å². The molecule has 0 saturated heterocycles. The lowest BCUT2D eigenvalue weighted by molar-refractivity contribution is -0.0397. The van der Waals surface area contributed by atoms with Gasteiger partial charge in [-0.25, -0.2) is 0 Å². The van der Waals surface area contributed by atoms with E-state index in [9.17, 15) is 0 Å². The predicted octanol–water partition coefficient (Wildman–Crippen LogP) is 18.8. The van der Waals surface area contributed by atoms with E-state index in [-0.39, 0.29) is 21.7 Å². The maximum absolute atomic E-state index is 2.69. The summed E-state index contributed by atoms with van der Waals surface area (Å²) in [5.41, 5.74) is 26.0. The van der Waals surface area contributed by atoms with Crippen LogP contribution in [0.4, 0.5) is 17.1 Å². The van der Waals surface area contributed by atoms with Gasteiger partial charge in [-0.05, 0) is 192 Å². The normalized spacial score (nSPS) is 22.2. The van der Waals surface area contributed by atoms with Gasteiger partial charge in [0.05, 0.1) is 0 Å². The minimum absolute atomic E-state index is 0.0110. The molecule has 348 valence electrons. The van der Waals surface area contributed by atoms with E-state index in [1.54, 1.807) is 11.1 Å². The van der Waals surface area contributed by atoms with Crippen LogP contribution in [0.15, 0.2) is 176 Å². The highest BCUT2D eigenvalue weighted by Crippen LogP contribution is 2.71. The van der Waals surface area contributed by atoms with Gasteiger partial charge in [-0.1, -0.05) is 195 Å². The zero-order valence-corrected chi connectivity index (χ0v) is 42.5. The molecule has 6 aliphatic carbocycles. The Kier molecular flexibility index (Phi) is 9.67. The van der Waals surface area contributed by atoms with Crippen LogP contribution in [-0.2, 0) is 21.7 Å². The fourth-order valence-corrected chi connectivity index (χ4v) is 14.9. The monoisotopic (exact) mass is 910 g/mol. The summed E-state index contributed by atoms with van der Waals surface area (Å²) in [5.74, 6) is 3.08. The molecule has 0 N–H and O–H groups in total. The smallest absolute Gasteiger partial charge is 0.0465 e. The molecular formula is C69H67N. The van der Waals surface area contributed by atoms with Crippen LogP contribution in [0.3, 0.4) is 0 Å². The fourth-order valence-electron chi connectivity index (χ4n) is 14.9. The Bertz CT molecular complexity index is 3310. The summed E-state index contributed by atoms with van der Waals surface area (Å²) in [6.45, 7) is 19.0. The number of hydrogen-bond acceptors (Lipinski definition) is 1. The van der Waals surface area contributed by atoms with Crippen molar-refractivity contribution in [3.63, 3.8) is 0 Å². The summed E-state index contributed by atoms with van der Waals surface area (Å²) >= 11 is 0. The number of rotatable bonds is 6. The van der Waals surface area contributed by atoms with E-state index in [0.717, 1.165) is 23.2 Å². The van der Waals surface area contributed by atoms with E-state index in [4.69, 9.17) is 0 Å². The second-order valence-corrected chi connectivity index (χ2v) is 24.6. The summed E-state index contributed by atoms with van der Waals surface area (Å²) in [6.07, 6.45) is 6.90. The number of nitrogens with zero attached hydrogens (tertiary/aromatic N) is 1. The molecule has 8 aromatic rings. The minimum atomic E-state index is -0.105. The first-order chi connectivity index (χ1) is 33.7. The molecule has 1 heteroatoms. The Hall–Kier alpha value is -6.44. The lowest BCUT2D eigenvalue weighted by Gasteiger charge is -2.61. The second kappa shape index (κ2) is 15.5. The van der Waals surface area contributed by atoms with Crippen molar-refractivity contribution >= 4 is 17.1 Å². The molecule has 4 bridgehead atoms. The van der Waals surface area contributed by atoms with Gasteiger partial charge in [0.2, 0.25) is 0 Å². The zero-order valence-electron chi connectivity index (χ0n) is 42.5. The van der Waals surface area contributed by atoms with Gasteiger partial charge in [0.25, 0.3) is 0 Å². The maximum Gasteiger partial charge on any atom is 0.0465 e. The SMILES string of the molecule is CC(C)(C)c1ccc(-c2c(-c3ccc(N(c4ccc(-c5ccccc5)cc4)c4ccc5c(c4)C(C)(C)c4ccccc4-5)cc3)ccc3c2C2(c4cc(C(C)(C)C)ccc4-3)C3CC4CC(C3)CC2C4)cc1. The van der Waals surface area contributed by atoms with Crippen molar-refractivity contribution in [2.75, 3.05) is 4.90 Å². The molecule has 0 unspecified atom stereocenters. The Balaban J connectivity index is 0.989. The molecule has 8 aromatic carbocycles. The average Bonchev–Trinajstić information content (AvgIpc) is 3.78. The largest absolute Gasteiger partial charge is 0.310 e. The van der Waals surface area contributed by atoms with Crippen molar-refractivity contribution in [2.45, 2.75) is 109 Å². The summed E-state index contributed by atoms with van der Waals surface area (Å²) in [6, 6.07) is 68.1. The van der Waals surface area contributed by atoms with Crippen molar-refractivity contribution in [3.8, 4) is 55.6 Å². The van der Waals surface area contributed by atoms with Crippen LogP contribution >= 0.6 is 0 Å². The Morgan fingerprint density at radius 3 is 1.51 bits per heavy atom. The Morgan fingerprint density at radius 2 is 0.871 bits per heavy atom. The second-order valence-electron chi connectivity index (χ2n) is 24.6. The van der Waals surface area contributed by atoms with E-state index < -0.39 is 0 Å². The van der Waals surface area contributed by atoms with Crippen molar-refractivity contribution in [1.29, 1.82) is 0 Å². The van der Waals surface area contributed by atoms with E-state index in [2.05, 4.69) is 236 Å². The standard InChI is InChI=1S/C69H67N/c1-66(2,3)49-24-18-48(19-25-49)64-56(34-35-60-59-32-26-50(67(4,5)6)41-63(59)69(65(60)64)51-37-43-36-44(39-51)40-52(69)38-43)47-22-29-54(30-23-47)70(53-27-20-46(21-28-53)45-14-10-9-11-15-45)55-31-33-58-57-16-12-13-17-61(57)68(7,8)62(58)42-55/h9-35,41-44,51-52H,36-40H2,1-8H3. The van der Waals surface area contributed by atoms with Crippen molar-refractivity contribution in [2.24, 2.45) is 23.7 Å². The maximum atomic E-state index is 2.69. The molecule has 1 nitrogen and oxygen atoms in total. The molecule has 0 radical (unpaired) electrons. The molecule has 0 heterocycles. The number of benzene rings is 8. The van der Waals surface area contributed by atoms with Crippen LogP contribution in [0.25, 0.3) is 55.6 Å². The van der Waals surface area contributed by atoms with Crippen LogP contribution in [0, 0.1) is 23.7 Å². The molecule has 6 aliphatic rings. The molecule has 4 saturated carbocycles. The highest BCUT2D eigenvalue weighted by atomic mass is 15.1.